The Kier molecular flexibility index (Phi) is 8.99. The standard InChI is InChI=1S/C31H37BF6N4O4/c1-16(2)8-25(32-45-24-14-18-13-23(28(18,3)4)29(24,5)46-32)42-26(43)21(41-27(44)22-15-39-6-7-40-22)11-17-9-19(30(33,34)35)12-20(10-17)31(36,37)38/h6-7,9-10,12,15-16,18,21,23-25H,8,11,13-14H2,1-5H3,(H,41,44)(H,42,43)/t18-,21-,23-,24?,25-,29-/m0/s1. The lowest BCUT2D eigenvalue weighted by Crippen LogP contribution is -2.65. The molecule has 1 aromatic carbocycles. The molecular weight excluding hydrogens is 617 g/mol. The largest absolute Gasteiger partial charge is 0.481 e. The summed E-state index contributed by atoms with van der Waals surface area (Å²) in [5.74, 6) is -1.67. The van der Waals surface area contributed by atoms with Crippen LogP contribution in [-0.2, 0) is 32.9 Å². The lowest BCUT2D eigenvalue weighted by molar-refractivity contribution is -0.199. The van der Waals surface area contributed by atoms with Crippen molar-refractivity contribution in [1.29, 1.82) is 0 Å². The van der Waals surface area contributed by atoms with Gasteiger partial charge in [0.15, 0.2) is 0 Å². The molecule has 4 fully saturated rings. The molecule has 2 amide bonds. The van der Waals surface area contributed by atoms with Crippen LogP contribution in [0.15, 0.2) is 36.8 Å². The predicted molar refractivity (Wildman–Crippen MR) is 155 cm³/mol. The monoisotopic (exact) mass is 654 g/mol. The van der Waals surface area contributed by atoms with E-state index in [1.807, 2.05) is 20.8 Å². The number of hydrogen-bond donors (Lipinski definition) is 2. The van der Waals surface area contributed by atoms with E-state index in [0.717, 1.165) is 19.0 Å². The molecule has 6 rings (SSSR count). The number of carbonyl (C=O) groups is 2. The van der Waals surface area contributed by atoms with Crippen molar-refractivity contribution in [3.05, 3.63) is 59.2 Å². The molecule has 1 unspecified atom stereocenters. The van der Waals surface area contributed by atoms with Crippen LogP contribution >= 0.6 is 0 Å². The molecule has 2 N–H and O–H groups in total. The summed E-state index contributed by atoms with van der Waals surface area (Å²) < 4.78 is 94.6. The number of nitrogens with one attached hydrogen (secondary N) is 2. The molecule has 8 nitrogen and oxygen atoms in total. The second-order valence-electron chi connectivity index (χ2n) is 13.8. The summed E-state index contributed by atoms with van der Waals surface area (Å²) in [6, 6.07) is -0.494. The van der Waals surface area contributed by atoms with E-state index in [2.05, 4.69) is 34.4 Å². The second-order valence-corrected chi connectivity index (χ2v) is 13.8. The maximum atomic E-state index is 13.9. The Balaban J connectivity index is 1.43. The third kappa shape index (κ3) is 6.76. The highest BCUT2D eigenvalue weighted by molar-refractivity contribution is 6.48. The van der Waals surface area contributed by atoms with Gasteiger partial charge in [-0.2, -0.15) is 26.3 Å². The summed E-state index contributed by atoms with van der Waals surface area (Å²) in [4.78, 5) is 34.6. The van der Waals surface area contributed by atoms with Gasteiger partial charge in [-0.1, -0.05) is 27.7 Å². The third-order valence-electron chi connectivity index (χ3n) is 9.86. The van der Waals surface area contributed by atoms with E-state index in [-0.39, 0.29) is 35.1 Å². The van der Waals surface area contributed by atoms with Crippen molar-refractivity contribution in [3.63, 3.8) is 0 Å². The Morgan fingerprint density at radius 2 is 1.65 bits per heavy atom. The zero-order valence-electron chi connectivity index (χ0n) is 26.1. The molecular formula is C31H37BF6N4O4. The van der Waals surface area contributed by atoms with Gasteiger partial charge in [0.1, 0.15) is 11.7 Å². The lowest BCUT2D eigenvalue weighted by atomic mass is 9.43. The minimum atomic E-state index is -5.09. The molecule has 46 heavy (non-hydrogen) atoms. The topological polar surface area (TPSA) is 102 Å². The van der Waals surface area contributed by atoms with E-state index < -0.39 is 72.0 Å². The zero-order valence-corrected chi connectivity index (χ0v) is 26.1. The van der Waals surface area contributed by atoms with Crippen molar-refractivity contribution in [2.45, 2.75) is 96.3 Å². The molecule has 3 saturated carbocycles. The normalized spacial score (nSPS) is 26.6. The van der Waals surface area contributed by atoms with E-state index in [1.165, 1.54) is 12.4 Å². The van der Waals surface area contributed by atoms with Crippen LogP contribution in [0.1, 0.15) is 81.1 Å². The van der Waals surface area contributed by atoms with E-state index in [9.17, 15) is 35.9 Å². The fourth-order valence-electron chi connectivity index (χ4n) is 7.33. The molecule has 15 heteroatoms. The minimum absolute atomic E-state index is 0.00981. The van der Waals surface area contributed by atoms with Crippen molar-refractivity contribution < 1.29 is 45.2 Å². The number of alkyl halides is 6. The first-order valence-corrected chi connectivity index (χ1v) is 15.3. The number of benzene rings is 1. The van der Waals surface area contributed by atoms with Gasteiger partial charge in [-0.15, -0.1) is 0 Å². The SMILES string of the molecule is CC(C)C[C@H](NC(=O)[C@H](Cc1cc(C(F)(F)F)cc(C(F)(F)F)c1)NC(=O)c1cnccn1)B1OC2C[C@@H]3C[C@@H](C3(C)C)[C@]2(C)O1. The van der Waals surface area contributed by atoms with Crippen LogP contribution in [0.25, 0.3) is 0 Å². The summed E-state index contributed by atoms with van der Waals surface area (Å²) >= 11 is 0. The Morgan fingerprint density at radius 1 is 1.00 bits per heavy atom. The van der Waals surface area contributed by atoms with Gasteiger partial charge in [-0.3, -0.25) is 14.6 Å². The van der Waals surface area contributed by atoms with E-state index >= 15 is 0 Å². The van der Waals surface area contributed by atoms with Gasteiger partial charge in [0, 0.05) is 18.8 Å². The Bertz CT molecular complexity index is 1420. The van der Waals surface area contributed by atoms with Gasteiger partial charge >= 0.3 is 19.5 Å². The van der Waals surface area contributed by atoms with Gasteiger partial charge in [0.25, 0.3) is 5.91 Å². The van der Waals surface area contributed by atoms with Crippen molar-refractivity contribution in [1.82, 2.24) is 20.6 Å². The minimum Gasteiger partial charge on any atom is -0.404 e. The number of aromatic nitrogens is 2. The number of halogens is 6. The second kappa shape index (κ2) is 12.1. The summed E-state index contributed by atoms with van der Waals surface area (Å²) in [5, 5.41) is 5.28. The predicted octanol–water partition coefficient (Wildman–Crippen LogP) is 5.65. The lowest BCUT2D eigenvalue weighted by Gasteiger charge is -2.64. The van der Waals surface area contributed by atoms with Crippen molar-refractivity contribution in [2.24, 2.45) is 23.2 Å². The molecule has 6 atom stereocenters. The number of rotatable bonds is 9. The molecule has 0 radical (unpaired) electrons. The van der Waals surface area contributed by atoms with Crippen LogP contribution in [0.5, 0.6) is 0 Å². The summed E-state index contributed by atoms with van der Waals surface area (Å²) in [6.07, 6.45) is -5.19. The van der Waals surface area contributed by atoms with Crippen LogP contribution in [0, 0.1) is 23.2 Å². The Morgan fingerprint density at radius 3 is 2.20 bits per heavy atom. The van der Waals surface area contributed by atoms with Gasteiger partial charge in [0.2, 0.25) is 5.91 Å². The van der Waals surface area contributed by atoms with Crippen LogP contribution in [0.4, 0.5) is 26.3 Å². The Labute approximate surface area is 263 Å². The molecule has 4 aliphatic rings. The fraction of sp³-hybridized carbons (Fsp3) is 0.613. The quantitative estimate of drug-likeness (QED) is 0.268. The average Bonchev–Trinajstić information content (AvgIpc) is 3.32. The van der Waals surface area contributed by atoms with Gasteiger partial charge in [-0.05, 0) is 73.1 Å². The van der Waals surface area contributed by atoms with Gasteiger partial charge in [-0.25, -0.2) is 4.98 Å². The number of nitrogens with zero attached hydrogens (tertiary/aromatic N) is 2. The summed E-state index contributed by atoms with van der Waals surface area (Å²) in [5.41, 5.74) is -4.22. The van der Waals surface area contributed by atoms with Crippen molar-refractivity contribution in [2.75, 3.05) is 0 Å². The molecule has 1 aliphatic heterocycles. The maximum absolute atomic E-state index is 13.9. The van der Waals surface area contributed by atoms with Gasteiger partial charge in [0.05, 0.1) is 35.0 Å². The van der Waals surface area contributed by atoms with Crippen LogP contribution in [0.3, 0.4) is 0 Å². The molecule has 1 aromatic heterocycles. The Hall–Kier alpha value is -3.20. The third-order valence-corrected chi connectivity index (χ3v) is 9.86. The number of amides is 2. The molecule has 2 bridgehead atoms. The fourth-order valence-corrected chi connectivity index (χ4v) is 7.33. The smallest absolute Gasteiger partial charge is 0.404 e. The highest BCUT2D eigenvalue weighted by Crippen LogP contribution is 2.65. The highest BCUT2D eigenvalue weighted by Gasteiger charge is 2.68. The van der Waals surface area contributed by atoms with Crippen LogP contribution in [0.2, 0.25) is 0 Å². The maximum Gasteiger partial charge on any atom is 0.481 e. The summed E-state index contributed by atoms with van der Waals surface area (Å²) in [7, 11) is -0.849. The molecule has 2 aromatic rings. The molecule has 0 spiro atoms. The first kappa shape index (κ1) is 34.1. The first-order valence-electron chi connectivity index (χ1n) is 15.3. The van der Waals surface area contributed by atoms with E-state index in [1.54, 1.807) is 0 Å². The number of hydrogen-bond acceptors (Lipinski definition) is 6. The molecule has 250 valence electrons. The van der Waals surface area contributed by atoms with Crippen LogP contribution in [-0.4, -0.2) is 52.6 Å². The van der Waals surface area contributed by atoms with E-state index in [4.69, 9.17) is 9.31 Å². The zero-order chi connectivity index (χ0) is 33.8. The van der Waals surface area contributed by atoms with Gasteiger partial charge < -0.3 is 19.9 Å². The summed E-state index contributed by atoms with van der Waals surface area (Å²) in [6.45, 7) is 10.3. The molecule has 3 aliphatic carbocycles. The van der Waals surface area contributed by atoms with Crippen molar-refractivity contribution >= 4 is 18.9 Å². The van der Waals surface area contributed by atoms with Crippen molar-refractivity contribution in [3.8, 4) is 0 Å². The number of carbonyl (C=O) groups excluding carboxylic acids is 2. The van der Waals surface area contributed by atoms with E-state index in [0.29, 0.717) is 24.5 Å². The first-order chi connectivity index (χ1) is 21.3. The van der Waals surface area contributed by atoms with Crippen LogP contribution < -0.4 is 10.6 Å². The molecule has 1 saturated heterocycles. The highest BCUT2D eigenvalue weighted by atomic mass is 19.4. The average molecular weight is 654 g/mol. The molecule has 2 heterocycles.